The number of hydrogen-bond acceptors (Lipinski definition) is 5. The zero-order valence-corrected chi connectivity index (χ0v) is 20.5. The summed E-state index contributed by atoms with van der Waals surface area (Å²) in [5.41, 5.74) is 4.67. The molecule has 3 aromatic rings. The van der Waals surface area contributed by atoms with Gasteiger partial charge in [0.25, 0.3) is 0 Å². The van der Waals surface area contributed by atoms with Gasteiger partial charge in [-0.05, 0) is 53.4 Å². The van der Waals surface area contributed by atoms with Crippen molar-refractivity contribution < 1.29 is 17.5 Å². The summed E-state index contributed by atoms with van der Waals surface area (Å²) in [6, 6.07) is 20.0. The van der Waals surface area contributed by atoms with Crippen LogP contribution in [0.25, 0.3) is 0 Å². The van der Waals surface area contributed by atoms with Crippen LogP contribution in [0.4, 0.5) is 10.1 Å². The number of fused-ring (bicyclic) bond motifs is 1. The van der Waals surface area contributed by atoms with Gasteiger partial charge < -0.3 is 9.64 Å². The van der Waals surface area contributed by atoms with Crippen LogP contribution in [0, 0.1) is 5.82 Å². The van der Waals surface area contributed by atoms with Gasteiger partial charge in [-0.1, -0.05) is 36.4 Å². The lowest BCUT2D eigenvalue weighted by atomic mass is 9.96. The summed E-state index contributed by atoms with van der Waals surface area (Å²) in [7, 11) is 1.39. The predicted molar refractivity (Wildman–Crippen MR) is 132 cm³/mol. The van der Waals surface area contributed by atoms with Gasteiger partial charge in [0.05, 0.1) is 12.0 Å². The average Bonchev–Trinajstić information content (AvgIpc) is 2.84. The Bertz CT molecular complexity index is 1250. The maximum atomic E-state index is 14.1. The Morgan fingerprint density at radius 3 is 2.41 bits per heavy atom. The van der Waals surface area contributed by atoms with Crippen LogP contribution in [0.5, 0.6) is 5.75 Å². The Kier molecular flexibility index (Phi) is 7.21. The van der Waals surface area contributed by atoms with Crippen LogP contribution in [-0.4, -0.2) is 47.6 Å². The molecule has 0 aliphatic carbocycles. The van der Waals surface area contributed by atoms with Gasteiger partial charge in [-0.2, -0.15) is 0 Å². The molecule has 180 valence electrons. The van der Waals surface area contributed by atoms with E-state index in [1.807, 2.05) is 55.4 Å². The Labute approximate surface area is 201 Å². The predicted octanol–water partition coefficient (Wildman–Crippen LogP) is 3.98. The summed E-state index contributed by atoms with van der Waals surface area (Å²) in [5.74, 6) is -0.710. The fourth-order valence-corrected chi connectivity index (χ4v) is 5.37. The molecule has 1 unspecified atom stereocenters. The minimum atomic E-state index is -3.91. The van der Waals surface area contributed by atoms with Crippen molar-refractivity contribution in [2.45, 2.75) is 23.9 Å². The number of benzene rings is 3. The third-order valence-electron chi connectivity index (χ3n) is 6.30. The van der Waals surface area contributed by atoms with Crippen molar-refractivity contribution in [2.75, 3.05) is 39.2 Å². The molecule has 4 rings (SSSR count). The molecule has 0 amide bonds. The highest BCUT2D eigenvalue weighted by Crippen LogP contribution is 2.29. The average molecular weight is 484 g/mol. The van der Waals surface area contributed by atoms with E-state index in [0.29, 0.717) is 0 Å². The molecule has 1 heterocycles. The monoisotopic (exact) mass is 483 g/mol. The molecule has 0 saturated carbocycles. The van der Waals surface area contributed by atoms with Gasteiger partial charge in [0.1, 0.15) is 0 Å². The van der Waals surface area contributed by atoms with E-state index in [-0.39, 0.29) is 23.2 Å². The van der Waals surface area contributed by atoms with Crippen molar-refractivity contribution in [3.05, 3.63) is 89.2 Å². The van der Waals surface area contributed by atoms with Gasteiger partial charge in [-0.25, -0.2) is 17.5 Å². The second-order valence-electron chi connectivity index (χ2n) is 8.64. The minimum Gasteiger partial charge on any atom is -0.494 e. The molecule has 1 aliphatic heterocycles. The fraction of sp³-hybridized carbons (Fsp3) is 0.308. The third-order valence-corrected chi connectivity index (χ3v) is 7.72. The number of nitrogens with zero attached hydrogens (tertiary/aromatic N) is 2. The zero-order valence-electron chi connectivity index (χ0n) is 19.7. The number of sulfonamides is 1. The molecule has 0 bridgehead atoms. The molecule has 0 saturated heterocycles. The van der Waals surface area contributed by atoms with Crippen molar-refractivity contribution in [3.8, 4) is 5.75 Å². The maximum absolute atomic E-state index is 14.1. The van der Waals surface area contributed by atoms with Crippen LogP contribution in [-0.2, 0) is 23.0 Å². The van der Waals surface area contributed by atoms with E-state index in [9.17, 15) is 12.8 Å². The summed E-state index contributed by atoms with van der Waals surface area (Å²) in [6.45, 7) is 1.71. The highest BCUT2D eigenvalue weighted by Gasteiger charge is 2.27. The lowest BCUT2D eigenvalue weighted by Crippen LogP contribution is -2.40. The first-order valence-corrected chi connectivity index (χ1v) is 12.7. The number of rotatable bonds is 8. The topological polar surface area (TPSA) is 61.9 Å². The smallest absolute Gasteiger partial charge is 0.240 e. The second kappa shape index (κ2) is 10.1. The minimum absolute atomic E-state index is 0.00444. The Morgan fingerprint density at radius 1 is 1.06 bits per heavy atom. The van der Waals surface area contributed by atoms with E-state index in [4.69, 9.17) is 4.74 Å². The first-order valence-electron chi connectivity index (χ1n) is 11.2. The van der Waals surface area contributed by atoms with Crippen molar-refractivity contribution in [3.63, 3.8) is 0 Å². The summed E-state index contributed by atoms with van der Waals surface area (Å²) in [5, 5.41) is 0. The maximum Gasteiger partial charge on any atom is 0.240 e. The molecule has 0 spiro atoms. The highest BCUT2D eigenvalue weighted by molar-refractivity contribution is 7.89. The second-order valence-corrected chi connectivity index (χ2v) is 10.4. The number of nitrogens with one attached hydrogen (secondary N) is 1. The molecule has 1 aliphatic rings. The van der Waals surface area contributed by atoms with Crippen LogP contribution in [0.15, 0.2) is 71.6 Å². The quantitative estimate of drug-likeness (QED) is 0.525. The molecule has 0 radical (unpaired) electrons. The lowest BCUT2D eigenvalue weighted by molar-refractivity contribution is 0.180. The molecular weight excluding hydrogens is 453 g/mol. The summed E-state index contributed by atoms with van der Waals surface area (Å²) in [6.07, 6.45) is 0.902. The summed E-state index contributed by atoms with van der Waals surface area (Å²) >= 11 is 0. The van der Waals surface area contributed by atoms with Gasteiger partial charge in [0, 0.05) is 45.5 Å². The van der Waals surface area contributed by atoms with E-state index in [1.165, 1.54) is 30.4 Å². The van der Waals surface area contributed by atoms with E-state index in [0.717, 1.165) is 36.8 Å². The molecule has 0 fully saturated rings. The summed E-state index contributed by atoms with van der Waals surface area (Å²) < 4.78 is 47.8. The largest absolute Gasteiger partial charge is 0.494 e. The Balaban J connectivity index is 1.60. The molecule has 34 heavy (non-hydrogen) atoms. The fourth-order valence-electron chi connectivity index (χ4n) is 4.32. The highest BCUT2D eigenvalue weighted by atomic mass is 32.2. The van der Waals surface area contributed by atoms with Crippen LogP contribution < -0.4 is 14.4 Å². The van der Waals surface area contributed by atoms with Crippen molar-refractivity contribution >= 4 is 15.7 Å². The van der Waals surface area contributed by atoms with Crippen molar-refractivity contribution in [1.82, 2.24) is 9.62 Å². The van der Waals surface area contributed by atoms with Gasteiger partial charge in [0.2, 0.25) is 10.0 Å². The van der Waals surface area contributed by atoms with Gasteiger partial charge in [-0.15, -0.1) is 0 Å². The normalized spacial score (nSPS) is 14.9. The molecule has 3 aromatic carbocycles. The van der Waals surface area contributed by atoms with Crippen molar-refractivity contribution in [2.24, 2.45) is 0 Å². The van der Waals surface area contributed by atoms with Gasteiger partial charge >= 0.3 is 0 Å². The standard InChI is InChI=1S/C26H30FN3O3S/c1-29(2)22-10-8-20(9-11-22)25(30-15-14-19-6-4-5-7-21(19)18-30)17-28-34(31,32)23-12-13-26(33-3)24(27)16-23/h4-13,16,25,28H,14-15,17-18H2,1-3H3. The van der Waals surface area contributed by atoms with Gasteiger partial charge in [-0.3, -0.25) is 4.90 Å². The number of hydrogen-bond donors (Lipinski definition) is 1. The molecule has 1 N–H and O–H groups in total. The SMILES string of the molecule is COc1ccc(S(=O)(=O)NCC(c2ccc(N(C)C)cc2)N2CCc3ccccc3C2)cc1F. The van der Waals surface area contributed by atoms with Crippen LogP contribution in [0.3, 0.4) is 0 Å². The molecule has 1 atom stereocenters. The molecule has 8 heteroatoms. The van der Waals surface area contributed by atoms with Crippen molar-refractivity contribution in [1.29, 1.82) is 0 Å². The summed E-state index contributed by atoms with van der Waals surface area (Å²) in [4.78, 5) is 4.19. The number of anilines is 1. The Morgan fingerprint density at radius 2 is 1.76 bits per heavy atom. The first-order chi connectivity index (χ1) is 16.3. The van der Waals surface area contributed by atoms with E-state index >= 15 is 0 Å². The lowest BCUT2D eigenvalue weighted by Gasteiger charge is -2.36. The van der Waals surface area contributed by atoms with E-state index in [2.05, 4.69) is 21.8 Å². The number of methoxy groups -OCH3 is 1. The van der Waals surface area contributed by atoms with Gasteiger partial charge in [0.15, 0.2) is 11.6 Å². The van der Waals surface area contributed by atoms with Crippen LogP contribution >= 0.6 is 0 Å². The molecule has 6 nitrogen and oxygen atoms in total. The molecule has 0 aromatic heterocycles. The third kappa shape index (κ3) is 5.24. The number of ether oxygens (including phenoxy) is 1. The van der Waals surface area contributed by atoms with Crippen LogP contribution in [0.1, 0.15) is 22.7 Å². The number of halogens is 1. The van der Waals surface area contributed by atoms with Crippen LogP contribution in [0.2, 0.25) is 0 Å². The van der Waals surface area contributed by atoms with E-state index in [1.54, 1.807) is 0 Å². The first kappa shape index (κ1) is 24.2. The zero-order chi connectivity index (χ0) is 24.3. The molecular formula is C26H30FN3O3S. The Hall–Kier alpha value is -2.94. The van der Waals surface area contributed by atoms with E-state index < -0.39 is 15.8 Å².